The summed E-state index contributed by atoms with van der Waals surface area (Å²) < 4.78 is 40.3. The summed E-state index contributed by atoms with van der Waals surface area (Å²) in [6, 6.07) is 5.39. The first-order valence-corrected chi connectivity index (χ1v) is 7.61. The second kappa shape index (κ2) is 7.68. The van der Waals surface area contributed by atoms with Crippen LogP contribution in [0.2, 0.25) is 0 Å². The maximum Gasteiger partial charge on any atom is 0.573 e. The third-order valence-electron chi connectivity index (χ3n) is 3.84. The van der Waals surface area contributed by atoms with Crippen LogP contribution in [0, 0.1) is 5.92 Å². The zero-order chi connectivity index (χ0) is 16.9. The van der Waals surface area contributed by atoms with Gasteiger partial charge >= 0.3 is 6.36 Å². The minimum atomic E-state index is -4.75. The zero-order valence-corrected chi connectivity index (χ0v) is 12.6. The number of halogens is 3. The fourth-order valence-electron chi connectivity index (χ4n) is 2.81. The lowest BCUT2D eigenvalue weighted by molar-refractivity contribution is -0.274. The Balaban J connectivity index is 1.81. The van der Waals surface area contributed by atoms with Crippen LogP contribution in [-0.4, -0.2) is 30.0 Å². The molecule has 2 atom stereocenters. The van der Waals surface area contributed by atoms with Crippen molar-refractivity contribution >= 4 is 5.91 Å². The predicted octanol–water partition coefficient (Wildman–Crippen LogP) is 2.80. The van der Waals surface area contributed by atoms with Gasteiger partial charge < -0.3 is 15.2 Å². The highest BCUT2D eigenvalue weighted by Crippen LogP contribution is 2.24. The Morgan fingerprint density at radius 2 is 2.13 bits per heavy atom. The largest absolute Gasteiger partial charge is 0.573 e. The van der Waals surface area contributed by atoms with Crippen LogP contribution in [0.15, 0.2) is 24.3 Å². The highest BCUT2D eigenvalue weighted by Gasteiger charge is 2.31. The molecule has 2 unspecified atom stereocenters. The van der Waals surface area contributed by atoms with Gasteiger partial charge in [0.2, 0.25) is 5.91 Å². The second-order valence-electron chi connectivity index (χ2n) is 5.86. The van der Waals surface area contributed by atoms with Crippen LogP contribution in [0.1, 0.15) is 31.2 Å². The third-order valence-corrected chi connectivity index (χ3v) is 3.84. The van der Waals surface area contributed by atoms with Crippen molar-refractivity contribution in [3.8, 4) is 5.75 Å². The summed E-state index contributed by atoms with van der Waals surface area (Å²) in [5, 5.41) is 12.4. The van der Waals surface area contributed by atoms with Crippen LogP contribution in [0.5, 0.6) is 5.75 Å². The van der Waals surface area contributed by atoms with Gasteiger partial charge in [-0.2, -0.15) is 0 Å². The molecule has 0 spiro atoms. The molecule has 1 aromatic carbocycles. The maximum atomic E-state index is 12.2. The molecule has 1 saturated carbocycles. The average molecular weight is 331 g/mol. The van der Waals surface area contributed by atoms with Gasteiger partial charge in [0.1, 0.15) is 5.75 Å². The van der Waals surface area contributed by atoms with E-state index in [1.54, 1.807) is 6.07 Å². The van der Waals surface area contributed by atoms with E-state index in [9.17, 15) is 23.1 Å². The summed E-state index contributed by atoms with van der Waals surface area (Å²) in [6.45, 7) is 0.481. The fourth-order valence-corrected chi connectivity index (χ4v) is 2.81. The summed E-state index contributed by atoms with van der Waals surface area (Å²) in [4.78, 5) is 11.9. The number of aliphatic hydroxyl groups is 1. The molecule has 0 radical (unpaired) electrons. The molecule has 23 heavy (non-hydrogen) atoms. The molecule has 1 aromatic rings. The number of carbonyl (C=O) groups is 1. The minimum Gasteiger partial charge on any atom is -0.406 e. The number of hydrogen-bond donors (Lipinski definition) is 2. The Morgan fingerprint density at radius 1 is 1.35 bits per heavy atom. The van der Waals surface area contributed by atoms with Gasteiger partial charge in [-0.1, -0.05) is 18.6 Å². The van der Waals surface area contributed by atoms with E-state index >= 15 is 0 Å². The van der Waals surface area contributed by atoms with Crippen molar-refractivity contribution in [1.82, 2.24) is 5.32 Å². The number of ether oxygens (including phenoxy) is 1. The molecule has 128 valence electrons. The lowest BCUT2D eigenvalue weighted by Crippen LogP contribution is -2.33. The second-order valence-corrected chi connectivity index (χ2v) is 5.86. The van der Waals surface area contributed by atoms with Gasteiger partial charge in [0, 0.05) is 6.54 Å². The van der Waals surface area contributed by atoms with Crippen molar-refractivity contribution in [2.75, 3.05) is 6.54 Å². The van der Waals surface area contributed by atoms with Crippen LogP contribution < -0.4 is 10.1 Å². The highest BCUT2D eigenvalue weighted by molar-refractivity contribution is 5.78. The van der Waals surface area contributed by atoms with Gasteiger partial charge in [-0.25, -0.2) is 0 Å². The van der Waals surface area contributed by atoms with E-state index in [1.807, 2.05) is 0 Å². The quantitative estimate of drug-likeness (QED) is 0.872. The summed E-state index contributed by atoms with van der Waals surface area (Å²) in [7, 11) is 0. The van der Waals surface area contributed by atoms with Gasteiger partial charge in [-0.15, -0.1) is 13.2 Å². The molecule has 0 aromatic heterocycles. The average Bonchev–Trinajstić information content (AvgIpc) is 2.44. The zero-order valence-electron chi connectivity index (χ0n) is 12.6. The molecule has 2 N–H and O–H groups in total. The molecule has 0 saturated heterocycles. The molecule has 0 aliphatic heterocycles. The number of carbonyl (C=O) groups excluding carboxylic acids is 1. The number of benzene rings is 1. The van der Waals surface area contributed by atoms with Gasteiger partial charge in [-0.3, -0.25) is 4.79 Å². The molecule has 0 bridgehead atoms. The summed E-state index contributed by atoms with van der Waals surface area (Å²) >= 11 is 0. The van der Waals surface area contributed by atoms with Gasteiger partial charge in [-0.05, 0) is 42.9 Å². The maximum absolute atomic E-state index is 12.2. The van der Waals surface area contributed by atoms with Gasteiger partial charge in [0.25, 0.3) is 0 Å². The van der Waals surface area contributed by atoms with Crippen LogP contribution in [0.3, 0.4) is 0 Å². The summed E-state index contributed by atoms with van der Waals surface area (Å²) in [6.07, 6.45) is -1.68. The van der Waals surface area contributed by atoms with Crippen molar-refractivity contribution in [3.63, 3.8) is 0 Å². The number of hydrogen-bond acceptors (Lipinski definition) is 3. The predicted molar refractivity (Wildman–Crippen MR) is 77.8 cm³/mol. The van der Waals surface area contributed by atoms with E-state index in [0.29, 0.717) is 18.5 Å². The molecule has 1 fully saturated rings. The van der Waals surface area contributed by atoms with Gasteiger partial charge in [0.15, 0.2) is 0 Å². The van der Waals surface area contributed by atoms with Crippen LogP contribution in [0.25, 0.3) is 0 Å². The van der Waals surface area contributed by atoms with Crippen molar-refractivity contribution in [2.24, 2.45) is 5.92 Å². The molecule has 0 heterocycles. The number of amides is 1. The molecule has 1 aliphatic carbocycles. The van der Waals surface area contributed by atoms with E-state index < -0.39 is 6.36 Å². The van der Waals surface area contributed by atoms with E-state index in [1.165, 1.54) is 18.2 Å². The smallest absolute Gasteiger partial charge is 0.406 e. The number of rotatable bonds is 5. The lowest BCUT2D eigenvalue weighted by Gasteiger charge is -2.25. The van der Waals surface area contributed by atoms with Crippen molar-refractivity contribution in [2.45, 2.75) is 44.6 Å². The molecule has 2 rings (SSSR count). The Kier molecular flexibility index (Phi) is 5.87. The summed E-state index contributed by atoms with van der Waals surface area (Å²) in [5.74, 6) is -0.338. The molecule has 4 nitrogen and oxygen atoms in total. The number of aliphatic hydroxyl groups excluding tert-OH is 1. The molecule has 7 heteroatoms. The Labute approximate surface area is 132 Å². The van der Waals surface area contributed by atoms with Crippen LogP contribution >= 0.6 is 0 Å². The first kappa shape index (κ1) is 17.6. The van der Waals surface area contributed by atoms with E-state index in [4.69, 9.17) is 0 Å². The monoisotopic (exact) mass is 331 g/mol. The highest BCUT2D eigenvalue weighted by atomic mass is 19.4. The van der Waals surface area contributed by atoms with E-state index in [0.717, 1.165) is 19.3 Å². The van der Waals surface area contributed by atoms with Crippen LogP contribution in [-0.2, 0) is 11.2 Å². The standard InChI is InChI=1S/C16H20F3NO3/c17-16(18,19)23-14-6-2-3-11(8-14)9-15(22)20-10-12-4-1-5-13(21)7-12/h2-3,6,8,12-13,21H,1,4-5,7,9-10H2,(H,20,22). The van der Waals surface area contributed by atoms with Crippen molar-refractivity contribution in [3.05, 3.63) is 29.8 Å². The Morgan fingerprint density at radius 3 is 2.83 bits per heavy atom. The van der Waals surface area contributed by atoms with Gasteiger partial charge in [0.05, 0.1) is 12.5 Å². The molecular formula is C16H20F3NO3. The topological polar surface area (TPSA) is 58.6 Å². The summed E-state index contributed by atoms with van der Waals surface area (Å²) in [5.41, 5.74) is 0.452. The first-order chi connectivity index (χ1) is 10.8. The Hall–Kier alpha value is -1.76. The molecule has 1 aliphatic rings. The SMILES string of the molecule is O=C(Cc1cccc(OC(F)(F)F)c1)NCC1CCCC(O)C1. The van der Waals surface area contributed by atoms with Crippen LogP contribution in [0.4, 0.5) is 13.2 Å². The normalized spacial score (nSPS) is 21.7. The van der Waals surface area contributed by atoms with E-state index in [-0.39, 0.29) is 30.1 Å². The lowest BCUT2D eigenvalue weighted by atomic mass is 9.87. The van der Waals surface area contributed by atoms with Crippen molar-refractivity contribution in [1.29, 1.82) is 0 Å². The number of nitrogens with one attached hydrogen (secondary N) is 1. The number of alkyl halides is 3. The Bertz CT molecular complexity index is 534. The first-order valence-electron chi connectivity index (χ1n) is 7.61. The molecular weight excluding hydrogens is 311 g/mol. The van der Waals surface area contributed by atoms with Crippen molar-refractivity contribution < 1.29 is 27.8 Å². The fraction of sp³-hybridized carbons (Fsp3) is 0.562. The van der Waals surface area contributed by atoms with E-state index in [2.05, 4.69) is 10.1 Å². The third kappa shape index (κ3) is 6.48. The minimum absolute atomic E-state index is 0.00959. The molecule has 1 amide bonds.